The van der Waals surface area contributed by atoms with Gasteiger partial charge < -0.3 is 14.6 Å². The minimum absolute atomic E-state index is 0.152. The van der Waals surface area contributed by atoms with E-state index in [1.807, 2.05) is 55.4 Å². The van der Waals surface area contributed by atoms with Gasteiger partial charge in [-0.2, -0.15) is 0 Å². The molecule has 0 aliphatic heterocycles. The number of carbonyl (C=O) groups is 1. The molecule has 1 heterocycles. The molecule has 5 heteroatoms. The van der Waals surface area contributed by atoms with Gasteiger partial charge in [0.2, 0.25) is 11.8 Å². The van der Waals surface area contributed by atoms with Crippen LogP contribution in [0.25, 0.3) is 0 Å². The van der Waals surface area contributed by atoms with Crippen LogP contribution in [0.5, 0.6) is 0 Å². The van der Waals surface area contributed by atoms with Crippen molar-refractivity contribution in [1.82, 2.24) is 15.2 Å². The highest BCUT2D eigenvalue weighted by atomic mass is 16.3. The molecular weight excluding hydrogens is 278 g/mol. The molecule has 22 heavy (non-hydrogen) atoms. The molecule has 0 aliphatic rings. The van der Waals surface area contributed by atoms with E-state index in [9.17, 15) is 4.79 Å². The molecule has 0 fully saturated rings. The first kappa shape index (κ1) is 16.0. The Morgan fingerprint density at radius 2 is 2.14 bits per heavy atom. The molecule has 0 aliphatic carbocycles. The zero-order chi connectivity index (χ0) is 15.8. The predicted octanol–water partition coefficient (Wildman–Crippen LogP) is 2.19. The number of carbonyl (C=O) groups excluding carboxylic acids is 1. The zero-order valence-electron chi connectivity index (χ0n) is 12.9. The summed E-state index contributed by atoms with van der Waals surface area (Å²) in [7, 11) is 3.90. The molecule has 116 valence electrons. The van der Waals surface area contributed by atoms with E-state index >= 15 is 0 Å². The Balaban J connectivity index is 2.02. The van der Waals surface area contributed by atoms with Gasteiger partial charge >= 0.3 is 0 Å². The fraction of sp³-hybridized carbons (Fsp3) is 0.294. The summed E-state index contributed by atoms with van der Waals surface area (Å²) < 4.78 is 5.35. The standard InChI is InChI=1S/C17H21N3O2/c1-20(2)11-6-9-16(21)19-15(17-18-10-12-22-17)13-14-7-4-3-5-8-14/h3-10,12,15H,11,13H2,1-2H3,(H,19,21)/b9-6+. The van der Waals surface area contributed by atoms with Gasteiger partial charge in [-0.1, -0.05) is 36.4 Å². The minimum Gasteiger partial charge on any atom is -0.447 e. The van der Waals surface area contributed by atoms with Gasteiger partial charge in [0, 0.05) is 19.0 Å². The molecule has 2 rings (SSSR count). The molecular formula is C17H21N3O2. The third-order valence-corrected chi connectivity index (χ3v) is 3.09. The monoisotopic (exact) mass is 299 g/mol. The largest absolute Gasteiger partial charge is 0.447 e. The summed E-state index contributed by atoms with van der Waals surface area (Å²) in [4.78, 5) is 18.2. The van der Waals surface area contributed by atoms with E-state index in [0.717, 1.165) is 12.1 Å². The van der Waals surface area contributed by atoms with Crippen LogP contribution in [0.15, 0.2) is 59.4 Å². The van der Waals surface area contributed by atoms with Crippen LogP contribution in [-0.4, -0.2) is 36.4 Å². The zero-order valence-corrected chi connectivity index (χ0v) is 12.9. The smallest absolute Gasteiger partial charge is 0.244 e. The molecule has 1 N–H and O–H groups in total. The van der Waals surface area contributed by atoms with Gasteiger partial charge in [0.25, 0.3) is 0 Å². The Hall–Kier alpha value is -2.40. The summed E-state index contributed by atoms with van der Waals surface area (Å²) in [6, 6.07) is 9.66. The molecule has 1 aromatic heterocycles. The van der Waals surface area contributed by atoms with Gasteiger partial charge in [-0.15, -0.1) is 0 Å². The van der Waals surface area contributed by atoms with Crippen molar-refractivity contribution in [2.24, 2.45) is 0 Å². The lowest BCUT2D eigenvalue weighted by atomic mass is 10.1. The summed E-state index contributed by atoms with van der Waals surface area (Å²) in [5.74, 6) is 0.360. The average molecular weight is 299 g/mol. The maximum absolute atomic E-state index is 12.0. The van der Waals surface area contributed by atoms with Crippen molar-refractivity contribution in [3.8, 4) is 0 Å². The second-order valence-electron chi connectivity index (χ2n) is 5.29. The Labute approximate surface area is 130 Å². The molecule has 0 spiro atoms. The fourth-order valence-corrected chi connectivity index (χ4v) is 2.05. The van der Waals surface area contributed by atoms with E-state index < -0.39 is 0 Å². The lowest BCUT2D eigenvalue weighted by molar-refractivity contribution is -0.117. The normalized spacial score (nSPS) is 12.7. The van der Waals surface area contributed by atoms with Gasteiger partial charge in [0.05, 0.1) is 6.20 Å². The van der Waals surface area contributed by atoms with Crippen molar-refractivity contribution >= 4 is 5.91 Å². The highest BCUT2D eigenvalue weighted by molar-refractivity contribution is 5.87. The van der Waals surface area contributed by atoms with E-state index in [0.29, 0.717) is 12.3 Å². The Bertz CT molecular complexity index is 592. The molecule has 1 aromatic carbocycles. The Morgan fingerprint density at radius 3 is 2.77 bits per heavy atom. The summed E-state index contributed by atoms with van der Waals surface area (Å²) in [5, 5.41) is 2.94. The van der Waals surface area contributed by atoms with E-state index in [1.54, 1.807) is 12.3 Å². The van der Waals surface area contributed by atoms with E-state index in [4.69, 9.17) is 4.42 Å². The number of nitrogens with one attached hydrogen (secondary N) is 1. The maximum Gasteiger partial charge on any atom is 0.244 e. The lowest BCUT2D eigenvalue weighted by Gasteiger charge is -2.14. The Morgan fingerprint density at radius 1 is 1.36 bits per heavy atom. The first-order chi connectivity index (χ1) is 10.6. The number of oxazole rings is 1. The third kappa shape index (κ3) is 5.18. The van der Waals surface area contributed by atoms with E-state index in [-0.39, 0.29) is 11.9 Å². The number of likely N-dealkylation sites (N-methyl/N-ethyl adjacent to an activating group) is 1. The highest BCUT2D eigenvalue weighted by Gasteiger charge is 2.18. The molecule has 5 nitrogen and oxygen atoms in total. The summed E-state index contributed by atoms with van der Waals surface area (Å²) in [6.45, 7) is 0.718. The third-order valence-electron chi connectivity index (χ3n) is 3.09. The number of benzene rings is 1. The van der Waals surface area contributed by atoms with Gasteiger partial charge in [-0.3, -0.25) is 4.79 Å². The van der Waals surface area contributed by atoms with Crippen LogP contribution in [0.3, 0.4) is 0 Å². The van der Waals surface area contributed by atoms with Crippen LogP contribution in [0, 0.1) is 0 Å². The van der Waals surface area contributed by atoms with Gasteiger partial charge in [0.1, 0.15) is 12.3 Å². The number of hydrogen-bond acceptors (Lipinski definition) is 4. The second-order valence-corrected chi connectivity index (χ2v) is 5.29. The van der Waals surface area contributed by atoms with Crippen LogP contribution >= 0.6 is 0 Å². The lowest BCUT2D eigenvalue weighted by Crippen LogP contribution is -2.29. The minimum atomic E-state index is -0.283. The Kier molecular flexibility index (Phi) is 5.91. The summed E-state index contributed by atoms with van der Waals surface area (Å²) in [5.41, 5.74) is 1.11. The number of amides is 1. The van der Waals surface area contributed by atoms with Crippen LogP contribution in [0.4, 0.5) is 0 Å². The molecule has 0 saturated heterocycles. The highest BCUT2D eigenvalue weighted by Crippen LogP contribution is 2.16. The fourth-order valence-electron chi connectivity index (χ4n) is 2.05. The summed E-state index contributed by atoms with van der Waals surface area (Å²) >= 11 is 0. The molecule has 1 atom stereocenters. The first-order valence-corrected chi connectivity index (χ1v) is 7.20. The summed E-state index contributed by atoms with van der Waals surface area (Å²) in [6.07, 6.45) is 7.10. The maximum atomic E-state index is 12.0. The quantitative estimate of drug-likeness (QED) is 0.796. The number of aromatic nitrogens is 1. The predicted molar refractivity (Wildman–Crippen MR) is 85.2 cm³/mol. The first-order valence-electron chi connectivity index (χ1n) is 7.20. The van der Waals surface area contributed by atoms with Gasteiger partial charge in [0.15, 0.2) is 0 Å². The molecule has 1 unspecified atom stereocenters. The van der Waals surface area contributed by atoms with Gasteiger partial charge in [-0.05, 0) is 19.7 Å². The van der Waals surface area contributed by atoms with Crippen LogP contribution in [-0.2, 0) is 11.2 Å². The van der Waals surface area contributed by atoms with Crippen LogP contribution < -0.4 is 5.32 Å². The van der Waals surface area contributed by atoms with Crippen molar-refractivity contribution in [3.63, 3.8) is 0 Å². The van der Waals surface area contributed by atoms with Crippen LogP contribution in [0.1, 0.15) is 17.5 Å². The van der Waals surface area contributed by atoms with E-state index in [2.05, 4.69) is 10.3 Å². The SMILES string of the molecule is CN(C)C/C=C/C(=O)NC(Cc1ccccc1)c1ncco1. The molecule has 1 amide bonds. The molecule has 2 aromatic rings. The van der Waals surface area contributed by atoms with Crippen molar-refractivity contribution in [2.75, 3.05) is 20.6 Å². The molecule has 0 radical (unpaired) electrons. The topological polar surface area (TPSA) is 58.4 Å². The molecule has 0 bridgehead atoms. The van der Waals surface area contributed by atoms with Crippen molar-refractivity contribution in [2.45, 2.75) is 12.5 Å². The molecule has 0 saturated carbocycles. The van der Waals surface area contributed by atoms with Gasteiger partial charge in [-0.25, -0.2) is 4.98 Å². The number of nitrogens with zero attached hydrogens (tertiary/aromatic N) is 2. The second kappa shape index (κ2) is 8.14. The van der Waals surface area contributed by atoms with Crippen molar-refractivity contribution in [3.05, 3.63) is 66.4 Å². The number of rotatable bonds is 7. The number of hydrogen-bond donors (Lipinski definition) is 1. The average Bonchev–Trinajstić information content (AvgIpc) is 3.01. The van der Waals surface area contributed by atoms with Crippen LogP contribution in [0.2, 0.25) is 0 Å². The van der Waals surface area contributed by atoms with E-state index in [1.165, 1.54) is 6.26 Å². The van der Waals surface area contributed by atoms with Crippen molar-refractivity contribution < 1.29 is 9.21 Å². The van der Waals surface area contributed by atoms with Crippen molar-refractivity contribution in [1.29, 1.82) is 0 Å².